The molecule has 1 atom stereocenters. The number of sulfonamides is 1. The van der Waals surface area contributed by atoms with Crippen LogP contribution in [0.3, 0.4) is 0 Å². The van der Waals surface area contributed by atoms with E-state index in [2.05, 4.69) is 5.32 Å². The van der Waals surface area contributed by atoms with Gasteiger partial charge in [-0.05, 0) is 42.6 Å². The summed E-state index contributed by atoms with van der Waals surface area (Å²) in [6.07, 6.45) is 0. The van der Waals surface area contributed by atoms with E-state index in [4.69, 9.17) is 5.14 Å². The topological polar surface area (TPSA) is 92.5 Å². The van der Waals surface area contributed by atoms with Crippen molar-refractivity contribution in [2.24, 2.45) is 5.14 Å². The van der Waals surface area contributed by atoms with Crippen molar-refractivity contribution < 1.29 is 13.2 Å². The molecular formula is C14H17N3O3S2. The first kappa shape index (κ1) is 16.5. The number of nitrogens with two attached hydrogens (primary N) is 1. The van der Waals surface area contributed by atoms with Crippen LogP contribution < -0.4 is 10.5 Å². The monoisotopic (exact) mass is 339 g/mol. The van der Waals surface area contributed by atoms with Crippen LogP contribution in [0.25, 0.3) is 0 Å². The number of anilines is 1. The second kappa shape index (κ2) is 6.47. The van der Waals surface area contributed by atoms with E-state index in [1.54, 1.807) is 23.3 Å². The van der Waals surface area contributed by atoms with Gasteiger partial charge in [-0.3, -0.25) is 0 Å². The van der Waals surface area contributed by atoms with Crippen molar-refractivity contribution in [2.45, 2.75) is 17.9 Å². The Morgan fingerprint density at radius 2 is 1.91 bits per heavy atom. The molecule has 0 aliphatic rings. The van der Waals surface area contributed by atoms with Crippen LogP contribution in [0.5, 0.6) is 0 Å². The molecule has 2 rings (SSSR count). The zero-order valence-electron chi connectivity index (χ0n) is 12.2. The zero-order chi connectivity index (χ0) is 16.3. The van der Waals surface area contributed by atoms with Gasteiger partial charge in [-0.1, -0.05) is 6.07 Å². The highest BCUT2D eigenvalue weighted by atomic mass is 32.2. The molecule has 0 saturated carbocycles. The Kier molecular flexibility index (Phi) is 4.84. The highest BCUT2D eigenvalue weighted by Crippen LogP contribution is 2.24. The number of hydrogen-bond donors (Lipinski definition) is 2. The normalized spacial score (nSPS) is 12.7. The van der Waals surface area contributed by atoms with Crippen molar-refractivity contribution in [1.82, 2.24) is 4.90 Å². The first-order valence-electron chi connectivity index (χ1n) is 6.49. The lowest BCUT2D eigenvalue weighted by atomic mass is 10.2. The van der Waals surface area contributed by atoms with Gasteiger partial charge in [0.05, 0.1) is 10.9 Å². The molecule has 2 aromatic rings. The first-order chi connectivity index (χ1) is 10.3. The smallest absolute Gasteiger partial charge is 0.320 e. The van der Waals surface area contributed by atoms with Gasteiger partial charge in [-0.2, -0.15) is 0 Å². The largest absolute Gasteiger partial charge is 0.322 e. The maximum absolute atomic E-state index is 12.2. The fraction of sp³-hybridized carbons (Fsp3) is 0.214. The third-order valence-electron chi connectivity index (χ3n) is 3.29. The van der Waals surface area contributed by atoms with E-state index in [0.717, 1.165) is 4.88 Å². The van der Waals surface area contributed by atoms with E-state index in [1.165, 1.54) is 24.3 Å². The fourth-order valence-corrected chi connectivity index (χ4v) is 3.18. The zero-order valence-corrected chi connectivity index (χ0v) is 13.8. The number of hydrogen-bond acceptors (Lipinski definition) is 4. The van der Waals surface area contributed by atoms with Crippen LogP contribution in [-0.4, -0.2) is 26.4 Å². The molecule has 118 valence electrons. The molecule has 22 heavy (non-hydrogen) atoms. The molecule has 0 aliphatic heterocycles. The average Bonchev–Trinajstić information content (AvgIpc) is 2.99. The van der Waals surface area contributed by atoms with E-state index in [-0.39, 0.29) is 17.0 Å². The summed E-state index contributed by atoms with van der Waals surface area (Å²) in [7, 11) is -2.02. The number of thiophene rings is 1. The lowest BCUT2D eigenvalue weighted by Crippen LogP contribution is -2.33. The van der Waals surface area contributed by atoms with Gasteiger partial charge in [-0.15, -0.1) is 11.3 Å². The van der Waals surface area contributed by atoms with Gasteiger partial charge < -0.3 is 10.2 Å². The molecule has 1 aromatic carbocycles. The summed E-state index contributed by atoms with van der Waals surface area (Å²) in [5.41, 5.74) is 0.502. The maximum Gasteiger partial charge on any atom is 0.322 e. The maximum atomic E-state index is 12.2. The van der Waals surface area contributed by atoms with E-state index in [9.17, 15) is 13.2 Å². The number of amides is 2. The fourth-order valence-electron chi connectivity index (χ4n) is 1.84. The lowest BCUT2D eigenvalue weighted by molar-refractivity contribution is 0.209. The van der Waals surface area contributed by atoms with Crippen molar-refractivity contribution in [3.63, 3.8) is 0 Å². The lowest BCUT2D eigenvalue weighted by Gasteiger charge is -2.24. The van der Waals surface area contributed by atoms with Gasteiger partial charge in [0.2, 0.25) is 10.0 Å². The van der Waals surface area contributed by atoms with Crippen LogP contribution >= 0.6 is 11.3 Å². The van der Waals surface area contributed by atoms with E-state index < -0.39 is 10.0 Å². The van der Waals surface area contributed by atoms with Crippen LogP contribution in [0.4, 0.5) is 10.5 Å². The quantitative estimate of drug-likeness (QED) is 0.897. The molecule has 6 nitrogen and oxygen atoms in total. The van der Waals surface area contributed by atoms with E-state index in [1.807, 2.05) is 24.4 Å². The second-order valence-corrected chi connectivity index (χ2v) is 7.34. The summed E-state index contributed by atoms with van der Waals surface area (Å²) in [4.78, 5) is 14.9. The number of primary sulfonamides is 1. The molecular weight excluding hydrogens is 322 g/mol. The molecule has 8 heteroatoms. The third kappa shape index (κ3) is 3.85. The van der Waals surface area contributed by atoms with Crippen molar-refractivity contribution in [2.75, 3.05) is 12.4 Å². The minimum atomic E-state index is -3.73. The van der Waals surface area contributed by atoms with Crippen molar-refractivity contribution in [3.05, 3.63) is 46.7 Å². The number of nitrogens with one attached hydrogen (secondary N) is 1. The average molecular weight is 339 g/mol. The summed E-state index contributed by atoms with van der Waals surface area (Å²) in [6, 6.07) is 9.30. The molecule has 2 amide bonds. The summed E-state index contributed by atoms with van der Waals surface area (Å²) in [6.45, 7) is 1.94. The Labute approximate surface area is 133 Å². The SMILES string of the molecule is C[C@@H](c1cccs1)N(C)C(=O)Nc1ccc(S(N)(=O)=O)cc1. The molecule has 0 bridgehead atoms. The molecule has 0 aliphatic carbocycles. The summed E-state index contributed by atoms with van der Waals surface area (Å²) in [5, 5.41) is 9.71. The Morgan fingerprint density at radius 3 is 2.41 bits per heavy atom. The molecule has 0 fully saturated rings. The molecule has 1 aromatic heterocycles. The molecule has 0 spiro atoms. The van der Waals surface area contributed by atoms with Crippen LogP contribution in [0.15, 0.2) is 46.7 Å². The summed E-state index contributed by atoms with van der Waals surface area (Å²) >= 11 is 1.59. The highest BCUT2D eigenvalue weighted by Gasteiger charge is 2.18. The second-order valence-electron chi connectivity index (χ2n) is 4.80. The Bertz CT molecular complexity index is 740. The molecule has 0 saturated heterocycles. The number of carbonyl (C=O) groups is 1. The van der Waals surface area contributed by atoms with E-state index >= 15 is 0 Å². The van der Waals surface area contributed by atoms with E-state index in [0.29, 0.717) is 5.69 Å². The van der Waals surface area contributed by atoms with Gasteiger partial charge in [0.25, 0.3) is 0 Å². The third-order valence-corrected chi connectivity index (χ3v) is 5.26. The Hall–Kier alpha value is -1.90. The predicted octanol–water partition coefficient (Wildman–Crippen LogP) is 2.62. The van der Waals surface area contributed by atoms with Gasteiger partial charge >= 0.3 is 6.03 Å². The number of rotatable bonds is 4. The number of carbonyl (C=O) groups excluding carboxylic acids is 1. The Morgan fingerprint density at radius 1 is 1.27 bits per heavy atom. The highest BCUT2D eigenvalue weighted by molar-refractivity contribution is 7.89. The number of nitrogens with zero attached hydrogens (tertiary/aromatic N) is 1. The predicted molar refractivity (Wildman–Crippen MR) is 87.3 cm³/mol. The van der Waals surface area contributed by atoms with Gasteiger partial charge in [0.1, 0.15) is 0 Å². The summed E-state index contributed by atoms with van der Waals surface area (Å²) < 4.78 is 22.4. The van der Waals surface area contributed by atoms with Crippen molar-refractivity contribution in [1.29, 1.82) is 0 Å². The molecule has 0 unspecified atom stereocenters. The first-order valence-corrected chi connectivity index (χ1v) is 8.91. The van der Waals surface area contributed by atoms with Gasteiger partial charge in [-0.25, -0.2) is 18.4 Å². The van der Waals surface area contributed by atoms with Gasteiger partial charge in [0.15, 0.2) is 0 Å². The van der Waals surface area contributed by atoms with Crippen molar-refractivity contribution >= 4 is 33.1 Å². The van der Waals surface area contributed by atoms with Gasteiger partial charge in [0, 0.05) is 17.6 Å². The molecule has 1 heterocycles. The molecule has 3 N–H and O–H groups in total. The van der Waals surface area contributed by atoms with Crippen LogP contribution in [-0.2, 0) is 10.0 Å². The van der Waals surface area contributed by atoms with Crippen LogP contribution in [0.2, 0.25) is 0 Å². The molecule has 0 radical (unpaired) electrons. The number of urea groups is 1. The minimum absolute atomic E-state index is 0.00538. The van der Waals surface area contributed by atoms with Crippen LogP contribution in [0, 0.1) is 0 Å². The minimum Gasteiger partial charge on any atom is -0.320 e. The summed E-state index contributed by atoms with van der Waals surface area (Å²) in [5.74, 6) is 0. The van der Waals surface area contributed by atoms with Crippen molar-refractivity contribution in [3.8, 4) is 0 Å². The Balaban J connectivity index is 2.05. The number of benzene rings is 1. The van der Waals surface area contributed by atoms with Crippen LogP contribution in [0.1, 0.15) is 17.8 Å². The standard InChI is InChI=1S/C14H17N3O3S2/c1-10(13-4-3-9-21-13)17(2)14(18)16-11-5-7-12(8-6-11)22(15,19)20/h3-10H,1-2H3,(H,16,18)(H2,15,19,20)/t10-/m0/s1.